The van der Waals surface area contributed by atoms with Crippen LogP contribution < -0.4 is 4.74 Å². The molecule has 5 nitrogen and oxygen atoms in total. The van der Waals surface area contributed by atoms with Crippen molar-refractivity contribution < 1.29 is 4.74 Å². The number of fused-ring (bicyclic) bond motifs is 1. The van der Waals surface area contributed by atoms with Gasteiger partial charge in [-0.3, -0.25) is 0 Å². The van der Waals surface area contributed by atoms with E-state index in [4.69, 9.17) is 4.74 Å². The van der Waals surface area contributed by atoms with Gasteiger partial charge >= 0.3 is 0 Å². The minimum atomic E-state index is 0.339. The summed E-state index contributed by atoms with van der Waals surface area (Å²) in [5.74, 6) is 2.27. The first-order chi connectivity index (χ1) is 8.65. The number of aryl methyl sites for hydroxylation is 3. The van der Waals surface area contributed by atoms with Gasteiger partial charge in [-0.15, -0.1) is 5.10 Å². The average Bonchev–Trinajstić information content (AvgIpc) is 2.93. The lowest BCUT2D eigenvalue weighted by atomic mass is 10.3. The molecule has 0 saturated heterocycles. The number of hydrogen-bond donors (Lipinski definition) is 0. The van der Waals surface area contributed by atoms with Gasteiger partial charge in [0.2, 0.25) is 0 Å². The van der Waals surface area contributed by atoms with E-state index in [0.717, 1.165) is 35.8 Å². The van der Waals surface area contributed by atoms with Crippen LogP contribution in [0.5, 0.6) is 5.75 Å². The summed E-state index contributed by atoms with van der Waals surface area (Å²) < 4.78 is 7.87. The minimum absolute atomic E-state index is 0.339. The third-order valence-electron chi connectivity index (χ3n) is 3.53. The van der Waals surface area contributed by atoms with Crippen LogP contribution in [-0.4, -0.2) is 25.7 Å². The number of nitrogens with zero attached hydrogens (tertiary/aromatic N) is 4. The Morgan fingerprint density at radius 2 is 1.83 bits per heavy atom. The summed E-state index contributed by atoms with van der Waals surface area (Å²) in [5.41, 5.74) is 1.89. The molecular formula is C13H18N4O. The van der Waals surface area contributed by atoms with Crippen molar-refractivity contribution in [2.45, 2.75) is 52.6 Å². The fourth-order valence-corrected chi connectivity index (χ4v) is 2.60. The van der Waals surface area contributed by atoms with E-state index in [0.29, 0.717) is 11.9 Å². The van der Waals surface area contributed by atoms with Crippen LogP contribution in [0.1, 0.15) is 42.9 Å². The van der Waals surface area contributed by atoms with Gasteiger partial charge < -0.3 is 4.74 Å². The zero-order valence-electron chi connectivity index (χ0n) is 11.1. The van der Waals surface area contributed by atoms with Gasteiger partial charge in [0.25, 0.3) is 5.78 Å². The lowest BCUT2D eigenvalue weighted by Gasteiger charge is -2.16. The number of aromatic nitrogens is 4. The van der Waals surface area contributed by atoms with Crippen LogP contribution >= 0.6 is 0 Å². The zero-order valence-corrected chi connectivity index (χ0v) is 11.1. The highest BCUT2D eigenvalue weighted by Crippen LogP contribution is 2.28. The summed E-state index contributed by atoms with van der Waals surface area (Å²) in [6.45, 7) is 5.86. The second-order valence-corrected chi connectivity index (χ2v) is 5.01. The Bertz CT molecular complexity index is 584. The summed E-state index contributed by atoms with van der Waals surface area (Å²) in [6.07, 6.45) is 5.16. The molecule has 5 heteroatoms. The highest BCUT2D eigenvalue weighted by molar-refractivity contribution is 5.41. The summed E-state index contributed by atoms with van der Waals surface area (Å²) in [7, 11) is 0. The Hall–Kier alpha value is -1.65. The fraction of sp³-hybridized carbons (Fsp3) is 0.615. The second kappa shape index (κ2) is 4.23. The van der Waals surface area contributed by atoms with Gasteiger partial charge in [-0.1, -0.05) is 0 Å². The second-order valence-electron chi connectivity index (χ2n) is 5.01. The number of rotatable bonds is 2. The van der Waals surface area contributed by atoms with Crippen molar-refractivity contribution >= 4 is 5.78 Å². The molecule has 0 spiro atoms. The standard InChI is InChI=1S/C13H18N4O/c1-8-12(18-11-6-4-5-7-11)9(2)17-13(14-8)15-10(3)16-17/h11H,4-7H2,1-3H3. The molecule has 3 rings (SSSR count). The molecule has 0 bridgehead atoms. The monoisotopic (exact) mass is 246 g/mol. The molecule has 18 heavy (non-hydrogen) atoms. The summed E-state index contributed by atoms with van der Waals surface area (Å²) in [4.78, 5) is 8.76. The van der Waals surface area contributed by atoms with Crippen LogP contribution in [-0.2, 0) is 0 Å². The minimum Gasteiger partial charge on any atom is -0.487 e. The molecule has 2 aromatic heterocycles. The highest BCUT2D eigenvalue weighted by atomic mass is 16.5. The van der Waals surface area contributed by atoms with Gasteiger partial charge in [-0.2, -0.15) is 9.50 Å². The van der Waals surface area contributed by atoms with Crippen molar-refractivity contribution in [3.63, 3.8) is 0 Å². The van der Waals surface area contributed by atoms with E-state index in [2.05, 4.69) is 15.1 Å². The van der Waals surface area contributed by atoms with Crippen molar-refractivity contribution in [3.05, 3.63) is 17.2 Å². The van der Waals surface area contributed by atoms with Crippen molar-refractivity contribution in [2.24, 2.45) is 0 Å². The van der Waals surface area contributed by atoms with Crippen LogP contribution in [0.2, 0.25) is 0 Å². The van der Waals surface area contributed by atoms with Crippen molar-refractivity contribution in [2.75, 3.05) is 0 Å². The molecule has 0 unspecified atom stereocenters. The van der Waals surface area contributed by atoms with E-state index < -0.39 is 0 Å². The Morgan fingerprint density at radius 1 is 1.11 bits per heavy atom. The van der Waals surface area contributed by atoms with E-state index in [-0.39, 0.29) is 0 Å². The Morgan fingerprint density at radius 3 is 2.56 bits per heavy atom. The maximum Gasteiger partial charge on any atom is 0.253 e. The molecule has 1 aliphatic rings. The van der Waals surface area contributed by atoms with Gasteiger partial charge in [-0.25, -0.2) is 4.98 Å². The molecule has 0 aliphatic heterocycles. The van der Waals surface area contributed by atoms with Crippen molar-refractivity contribution in [1.82, 2.24) is 19.6 Å². The average molecular weight is 246 g/mol. The molecule has 1 aliphatic carbocycles. The molecule has 0 aromatic carbocycles. The molecule has 2 heterocycles. The third-order valence-corrected chi connectivity index (χ3v) is 3.53. The molecule has 96 valence electrons. The van der Waals surface area contributed by atoms with Crippen LogP contribution in [0.15, 0.2) is 0 Å². The largest absolute Gasteiger partial charge is 0.487 e. The SMILES string of the molecule is Cc1nc2nc(C)c(OC3CCCC3)c(C)n2n1. The Balaban J connectivity index is 2.04. The topological polar surface area (TPSA) is 52.3 Å². The lowest BCUT2D eigenvalue weighted by molar-refractivity contribution is 0.204. The quantitative estimate of drug-likeness (QED) is 0.816. The van der Waals surface area contributed by atoms with Crippen molar-refractivity contribution in [3.8, 4) is 5.75 Å². The van der Waals surface area contributed by atoms with Crippen LogP contribution in [0, 0.1) is 20.8 Å². The van der Waals surface area contributed by atoms with Gasteiger partial charge in [0.1, 0.15) is 5.82 Å². The molecular weight excluding hydrogens is 228 g/mol. The summed E-state index contributed by atoms with van der Waals surface area (Å²) >= 11 is 0. The first kappa shape index (κ1) is 11.4. The van der Waals surface area contributed by atoms with Gasteiger partial charge in [0, 0.05) is 0 Å². The number of hydrogen-bond acceptors (Lipinski definition) is 4. The van der Waals surface area contributed by atoms with Gasteiger partial charge in [0.15, 0.2) is 5.75 Å². The van der Waals surface area contributed by atoms with Gasteiger partial charge in [0.05, 0.1) is 17.5 Å². The third kappa shape index (κ3) is 1.83. The van der Waals surface area contributed by atoms with Gasteiger partial charge in [-0.05, 0) is 46.5 Å². The fourth-order valence-electron chi connectivity index (χ4n) is 2.60. The maximum atomic E-state index is 6.10. The van der Waals surface area contributed by atoms with E-state index >= 15 is 0 Å². The molecule has 0 amide bonds. The normalized spacial score (nSPS) is 16.6. The zero-order chi connectivity index (χ0) is 12.7. The van der Waals surface area contributed by atoms with Crippen LogP contribution in [0.3, 0.4) is 0 Å². The van der Waals surface area contributed by atoms with E-state index in [9.17, 15) is 0 Å². The van der Waals surface area contributed by atoms with Crippen LogP contribution in [0.25, 0.3) is 5.78 Å². The van der Waals surface area contributed by atoms with E-state index in [1.165, 1.54) is 12.8 Å². The summed E-state index contributed by atoms with van der Waals surface area (Å²) in [6, 6.07) is 0. The molecule has 0 atom stereocenters. The lowest BCUT2D eigenvalue weighted by Crippen LogP contribution is -2.15. The Kier molecular flexibility index (Phi) is 2.69. The first-order valence-electron chi connectivity index (χ1n) is 6.52. The molecule has 1 fully saturated rings. The molecule has 2 aromatic rings. The van der Waals surface area contributed by atoms with Crippen molar-refractivity contribution in [1.29, 1.82) is 0 Å². The van der Waals surface area contributed by atoms with Crippen LogP contribution in [0.4, 0.5) is 0 Å². The first-order valence-corrected chi connectivity index (χ1v) is 6.52. The van der Waals surface area contributed by atoms with E-state index in [1.807, 2.05) is 20.8 Å². The predicted octanol–water partition coefficient (Wildman–Crippen LogP) is 2.37. The summed E-state index contributed by atoms with van der Waals surface area (Å²) in [5, 5.41) is 4.35. The predicted molar refractivity (Wildman–Crippen MR) is 67.9 cm³/mol. The molecule has 0 radical (unpaired) electrons. The number of ether oxygens (including phenoxy) is 1. The highest BCUT2D eigenvalue weighted by Gasteiger charge is 2.20. The molecule has 1 saturated carbocycles. The maximum absolute atomic E-state index is 6.10. The smallest absolute Gasteiger partial charge is 0.253 e. The Labute approximate surface area is 106 Å². The van der Waals surface area contributed by atoms with E-state index in [1.54, 1.807) is 4.52 Å². The molecule has 0 N–H and O–H groups in total.